The quantitative estimate of drug-likeness (QED) is 0.467. The molecule has 1 N–H and O–H groups in total. The van der Waals surface area contributed by atoms with Crippen molar-refractivity contribution in [1.82, 2.24) is 0 Å². The van der Waals surface area contributed by atoms with Crippen LogP contribution in [0.4, 0.5) is 4.53 Å². The molecule has 0 heterocycles. The minimum Gasteiger partial charge on any atom is -0.508 e. The Morgan fingerprint density at radius 2 is 2.22 bits per heavy atom. The SMILES string of the molecule is C=C/C(O)=C\C(=C)OF. The van der Waals surface area contributed by atoms with E-state index in [0.717, 1.165) is 12.2 Å². The van der Waals surface area contributed by atoms with Gasteiger partial charge in [-0.1, -0.05) is 13.2 Å². The molecule has 0 aromatic rings. The van der Waals surface area contributed by atoms with Crippen LogP contribution in [0.15, 0.2) is 36.8 Å². The van der Waals surface area contributed by atoms with Gasteiger partial charge in [0, 0.05) is 10.6 Å². The maximum atomic E-state index is 11.1. The Morgan fingerprint density at radius 1 is 1.67 bits per heavy atom. The van der Waals surface area contributed by atoms with Gasteiger partial charge >= 0.3 is 0 Å². The smallest absolute Gasteiger partial charge is 0.168 e. The zero-order valence-electron chi connectivity index (χ0n) is 4.80. The number of aliphatic hydroxyl groups is 1. The summed E-state index contributed by atoms with van der Waals surface area (Å²) < 4.78 is 11.1. The number of hydrogen-bond acceptors (Lipinski definition) is 2. The van der Waals surface area contributed by atoms with Gasteiger partial charge in [-0.05, 0) is 6.08 Å². The van der Waals surface area contributed by atoms with Crippen molar-refractivity contribution in [3.8, 4) is 0 Å². The summed E-state index contributed by atoms with van der Waals surface area (Å²) in [4.78, 5) is 3.14. The van der Waals surface area contributed by atoms with Gasteiger partial charge in [0.2, 0.25) is 0 Å². The molecule has 0 rings (SSSR count). The Labute approximate surface area is 52.5 Å². The third-order valence-corrected chi connectivity index (χ3v) is 0.617. The van der Waals surface area contributed by atoms with E-state index in [4.69, 9.17) is 5.11 Å². The van der Waals surface area contributed by atoms with Crippen LogP contribution in [0.5, 0.6) is 0 Å². The molecule has 9 heavy (non-hydrogen) atoms. The van der Waals surface area contributed by atoms with E-state index in [1.54, 1.807) is 0 Å². The third kappa shape index (κ3) is 3.34. The molecule has 0 amide bonds. The van der Waals surface area contributed by atoms with Gasteiger partial charge in [0.15, 0.2) is 5.76 Å². The predicted octanol–water partition coefficient (Wildman–Crippen LogP) is 2.03. The lowest BCUT2D eigenvalue weighted by atomic mass is 10.4. The Balaban J connectivity index is 3.94. The first-order valence-electron chi connectivity index (χ1n) is 2.21. The summed E-state index contributed by atoms with van der Waals surface area (Å²) in [6.07, 6.45) is 2.15. The molecule has 3 heteroatoms. The first-order valence-corrected chi connectivity index (χ1v) is 2.21. The normalized spacial score (nSPS) is 10.6. The molecule has 0 radical (unpaired) electrons. The summed E-state index contributed by atoms with van der Waals surface area (Å²) in [5.74, 6) is -0.440. The van der Waals surface area contributed by atoms with E-state index in [2.05, 4.69) is 18.1 Å². The van der Waals surface area contributed by atoms with E-state index in [9.17, 15) is 4.53 Å². The Kier molecular flexibility index (Phi) is 3.20. The van der Waals surface area contributed by atoms with Crippen molar-refractivity contribution in [1.29, 1.82) is 0 Å². The van der Waals surface area contributed by atoms with Crippen molar-refractivity contribution in [2.45, 2.75) is 0 Å². The number of halogens is 1. The molecular formula is C6H7FO2. The standard InChI is InChI=1S/C6H7FO2/c1-3-6(8)4-5(2)9-7/h3-4,8H,1-2H2/b6-4+. The van der Waals surface area contributed by atoms with Crippen LogP contribution in [0.2, 0.25) is 0 Å². The second kappa shape index (κ2) is 3.72. The largest absolute Gasteiger partial charge is 0.508 e. The molecule has 0 saturated heterocycles. The highest BCUT2D eigenvalue weighted by Crippen LogP contribution is 1.99. The second-order valence-corrected chi connectivity index (χ2v) is 1.32. The maximum Gasteiger partial charge on any atom is 0.168 e. The molecular weight excluding hydrogens is 123 g/mol. The molecule has 0 fully saturated rings. The molecule has 50 valence electrons. The Hall–Kier alpha value is -1.25. The molecule has 0 aliphatic rings. The van der Waals surface area contributed by atoms with Crippen molar-refractivity contribution in [3.05, 3.63) is 36.8 Å². The van der Waals surface area contributed by atoms with E-state index < -0.39 is 0 Å². The Morgan fingerprint density at radius 3 is 2.56 bits per heavy atom. The molecule has 0 spiro atoms. The van der Waals surface area contributed by atoms with E-state index in [1.807, 2.05) is 0 Å². The molecule has 0 bridgehead atoms. The number of hydrogen-bond donors (Lipinski definition) is 1. The molecule has 0 aromatic heterocycles. The zero-order valence-corrected chi connectivity index (χ0v) is 4.80. The van der Waals surface area contributed by atoms with Gasteiger partial charge in [0.1, 0.15) is 5.76 Å². The molecule has 0 unspecified atom stereocenters. The summed E-state index contributed by atoms with van der Waals surface area (Å²) in [5, 5.41) is 8.60. The molecule has 2 nitrogen and oxygen atoms in total. The average Bonchev–Trinajstić information content (AvgIpc) is 1.87. The predicted molar refractivity (Wildman–Crippen MR) is 32.2 cm³/mol. The van der Waals surface area contributed by atoms with Gasteiger partial charge in [-0.3, -0.25) is 4.94 Å². The van der Waals surface area contributed by atoms with E-state index in [1.165, 1.54) is 0 Å². The first-order chi connectivity index (χ1) is 4.20. The topological polar surface area (TPSA) is 29.5 Å². The van der Waals surface area contributed by atoms with Crippen LogP contribution in [-0.4, -0.2) is 5.11 Å². The lowest BCUT2D eigenvalue weighted by Crippen LogP contribution is -1.77. The van der Waals surface area contributed by atoms with Crippen LogP contribution >= 0.6 is 0 Å². The van der Waals surface area contributed by atoms with Crippen molar-refractivity contribution in [2.24, 2.45) is 0 Å². The lowest BCUT2D eigenvalue weighted by Gasteiger charge is -1.89. The fourth-order valence-corrected chi connectivity index (χ4v) is 0.246. The van der Waals surface area contributed by atoms with Gasteiger partial charge < -0.3 is 5.11 Å². The van der Waals surface area contributed by atoms with Crippen LogP contribution < -0.4 is 0 Å². The number of aliphatic hydroxyl groups excluding tert-OH is 1. The maximum absolute atomic E-state index is 11.1. The minimum atomic E-state index is -0.257. The summed E-state index contributed by atoms with van der Waals surface area (Å²) in [6.45, 7) is 6.29. The van der Waals surface area contributed by atoms with E-state index >= 15 is 0 Å². The average molecular weight is 130 g/mol. The first kappa shape index (κ1) is 7.75. The highest BCUT2D eigenvalue weighted by Gasteiger charge is 1.89. The molecule has 0 saturated carbocycles. The number of allylic oxidation sites excluding steroid dienone is 2. The highest BCUT2D eigenvalue weighted by molar-refractivity contribution is 5.17. The van der Waals surface area contributed by atoms with Crippen LogP contribution in [0.3, 0.4) is 0 Å². The van der Waals surface area contributed by atoms with Crippen LogP contribution in [0.25, 0.3) is 0 Å². The lowest BCUT2D eigenvalue weighted by molar-refractivity contribution is -0.0761. The van der Waals surface area contributed by atoms with Crippen LogP contribution in [0, 0.1) is 0 Å². The van der Waals surface area contributed by atoms with Gasteiger partial charge in [-0.25, -0.2) is 0 Å². The van der Waals surface area contributed by atoms with Gasteiger partial charge in [0.25, 0.3) is 0 Å². The number of rotatable bonds is 3. The summed E-state index contributed by atoms with van der Waals surface area (Å²) in [5.41, 5.74) is 0. The van der Waals surface area contributed by atoms with E-state index in [0.29, 0.717) is 0 Å². The molecule has 0 aliphatic heterocycles. The molecule has 0 aliphatic carbocycles. The summed E-state index contributed by atoms with van der Waals surface area (Å²) >= 11 is 0. The fourth-order valence-electron chi connectivity index (χ4n) is 0.246. The zero-order chi connectivity index (χ0) is 7.28. The summed E-state index contributed by atoms with van der Waals surface area (Å²) in [6, 6.07) is 0. The molecule has 0 aromatic carbocycles. The van der Waals surface area contributed by atoms with Gasteiger partial charge in [-0.2, -0.15) is 0 Å². The fraction of sp³-hybridized carbons (Fsp3) is 0. The van der Waals surface area contributed by atoms with Crippen molar-refractivity contribution in [3.63, 3.8) is 0 Å². The second-order valence-electron chi connectivity index (χ2n) is 1.32. The van der Waals surface area contributed by atoms with Crippen LogP contribution in [-0.2, 0) is 4.94 Å². The van der Waals surface area contributed by atoms with Gasteiger partial charge in [0.05, 0.1) is 0 Å². The van der Waals surface area contributed by atoms with Crippen molar-refractivity contribution < 1.29 is 14.6 Å². The highest BCUT2D eigenvalue weighted by atomic mass is 19.3. The Bertz CT molecular complexity index is 149. The molecule has 0 atom stereocenters. The summed E-state index contributed by atoms with van der Waals surface area (Å²) in [7, 11) is 0. The van der Waals surface area contributed by atoms with E-state index in [-0.39, 0.29) is 11.5 Å². The van der Waals surface area contributed by atoms with Gasteiger partial charge in [-0.15, -0.1) is 0 Å². The third-order valence-electron chi connectivity index (χ3n) is 0.617. The monoisotopic (exact) mass is 130 g/mol. The minimum absolute atomic E-state index is 0.183. The van der Waals surface area contributed by atoms with Crippen LogP contribution in [0.1, 0.15) is 0 Å². The van der Waals surface area contributed by atoms with Crippen molar-refractivity contribution >= 4 is 0 Å². The van der Waals surface area contributed by atoms with Crippen molar-refractivity contribution in [2.75, 3.05) is 0 Å².